The number of nitrogens with two attached hydrogens (primary N) is 1. The van der Waals surface area contributed by atoms with Gasteiger partial charge in [0.1, 0.15) is 0 Å². The Balaban J connectivity index is 0. The van der Waals surface area contributed by atoms with Crippen LogP contribution in [0.1, 0.15) is 0 Å². The van der Waals surface area contributed by atoms with Crippen LogP contribution >= 0.6 is 0 Å². The third-order valence-electron chi connectivity index (χ3n) is 0. The van der Waals surface area contributed by atoms with Gasteiger partial charge in [0.15, 0.2) is 0 Å². The Morgan fingerprint density at radius 3 is 1.40 bits per heavy atom. The molecule has 0 saturated heterocycles. The van der Waals surface area contributed by atoms with Crippen LogP contribution < -0.4 is 5.73 Å². The molecular formula is CH5F2NPb. The van der Waals surface area contributed by atoms with E-state index < -0.39 is 25.5 Å². The van der Waals surface area contributed by atoms with E-state index in [0.29, 0.717) is 0 Å². The van der Waals surface area contributed by atoms with Crippen LogP contribution in [0, 0.1) is 0 Å². The quantitative estimate of drug-likeness (QED) is 0.621. The molecule has 0 spiro atoms. The Bertz CT molecular complexity index is 9.61. The monoisotopic (exact) mass is 277 g/mol. The van der Waals surface area contributed by atoms with E-state index in [1.54, 1.807) is 0 Å². The molecule has 0 saturated carbocycles. The first-order valence-corrected chi connectivity index (χ1v) is 3.89. The standard InChI is InChI=1S/CH5N.2FH.Pb/c1-2;;;/h2H2,1H3;2*1H;/q;;;+2/p-2. The second kappa shape index (κ2) is 21.9. The van der Waals surface area contributed by atoms with Crippen molar-refractivity contribution in [3.63, 3.8) is 0 Å². The molecule has 0 aromatic heterocycles. The molecule has 0 aromatic carbocycles. The normalized spacial score (nSPS) is 4.80. The van der Waals surface area contributed by atoms with Crippen molar-refractivity contribution in [3.8, 4) is 0 Å². The fourth-order valence-corrected chi connectivity index (χ4v) is 0. The van der Waals surface area contributed by atoms with Crippen LogP contribution in [0.2, 0.25) is 0 Å². The van der Waals surface area contributed by atoms with Crippen molar-refractivity contribution < 1.29 is 5.02 Å². The fraction of sp³-hybridized carbons (Fsp3) is 1.00. The summed E-state index contributed by atoms with van der Waals surface area (Å²) in [5, 5.41) is 0. The minimum absolute atomic E-state index is 1.50. The molecule has 0 rings (SSSR count). The van der Waals surface area contributed by atoms with E-state index in [0.717, 1.165) is 0 Å². The Kier molecular flexibility index (Phi) is 40.4. The van der Waals surface area contributed by atoms with Crippen LogP contribution in [-0.2, 0) is 0 Å². The van der Waals surface area contributed by atoms with Crippen molar-refractivity contribution in [2.45, 2.75) is 0 Å². The van der Waals surface area contributed by atoms with Crippen LogP contribution in [0.15, 0.2) is 0 Å². The van der Waals surface area contributed by atoms with Gasteiger partial charge in [-0.15, -0.1) is 0 Å². The van der Waals surface area contributed by atoms with Gasteiger partial charge in [-0.05, 0) is 7.05 Å². The van der Waals surface area contributed by atoms with Gasteiger partial charge in [-0.1, -0.05) is 0 Å². The predicted molar refractivity (Wildman–Crippen MR) is 18.1 cm³/mol. The molecule has 0 aliphatic heterocycles. The predicted octanol–water partition coefficient (Wildman–Crippen LogP) is 0.0345. The van der Waals surface area contributed by atoms with Crippen LogP contribution in [0.3, 0.4) is 0 Å². The molecule has 0 aromatic rings. The van der Waals surface area contributed by atoms with E-state index in [9.17, 15) is 5.02 Å². The van der Waals surface area contributed by atoms with Crippen molar-refractivity contribution in [2.75, 3.05) is 7.05 Å². The Hall–Kier alpha value is 0.742. The third kappa shape index (κ3) is 64.7. The van der Waals surface area contributed by atoms with Crippen molar-refractivity contribution in [2.24, 2.45) is 5.73 Å². The van der Waals surface area contributed by atoms with Gasteiger partial charge in [-0.2, -0.15) is 0 Å². The number of hydrogen-bond acceptors (Lipinski definition) is 1. The molecule has 0 amide bonds. The molecular weight excluding hydrogens is 271 g/mol. The van der Waals surface area contributed by atoms with Crippen molar-refractivity contribution >= 4 is 25.5 Å². The minimum atomic E-state index is -2.92. The van der Waals surface area contributed by atoms with E-state index in [1.165, 1.54) is 7.05 Å². The molecule has 0 unspecified atom stereocenters. The van der Waals surface area contributed by atoms with Crippen LogP contribution in [0.5, 0.6) is 0 Å². The zero-order valence-electron chi connectivity index (χ0n) is 2.83. The van der Waals surface area contributed by atoms with Gasteiger partial charge in [-0.3, -0.25) is 0 Å². The molecule has 1 nitrogen and oxygen atoms in total. The summed E-state index contributed by atoms with van der Waals surface area (Å²) in [5.74, 6) is 0. The molecule has 0 heterocycles. The molecule has 4 heteroatoms. The van der Waals surface area contributed by atoms with Gasteiger partial charge in [0.05, 0.1) is 0 Å². The molecule has 2 N–H and O–H groups in total. The average Bonchev–Trinajstić information content (AvgIpc) is 1.46. The Labute approximate surface area is 43.6 Å². The second-order valence-corrected chi connectivity index (χ2v) is 0.627. The van der Waals surface area contributed by atoms with Gasteiger partial charge in [0, 0.05) is 0 Å². The summed E-state index contributed by atoms with van der Waals surface area (Å²) in [6.45, 7) is 0. The maximum absolute atomic E-state index is 9.82. The van der Waals surface area contributed by atoms with Gasteiger partial charge in [0.25, 0.3) is 0 Å². The number of hydrogen-bond donors (Lipinski definition) is 1. The van der Waals surface area contributed by atoms with Crippen molar-refractivity contribution in [3.05, 3.63) is 0 Å². The van der Waals surface area contributed by atoms with E-state index in [2.05, 4.69) is 5.73 Å². The third-order valence-corrected chi connectivity index (χ3v) is 0. The zero-order chi connectivity index (χ0) is 4.71. The van der Waals surface area contributed by atoms with E-state index in [1.807, 2.05) is 0 Å². The molecule has 32 valence electrons. The summed E-state index contributed by atoms with van der Waals surface area (Å²) in [7, 11) is 1.50. The van der Waals surface area contributed by atoms with E-state index in [4.69, 9.17) is 0 Å². The van der Waals surface area contributed by atoms with Crippen LogP contribution in [-0.4, -0.2) is 32.5 Å². The van der Waals surface area contributed by atoms with Crippen LogP contribution in [0.4, 0.5) is 5.02 Å². The summed E-state index contributed by atoms with van der Waals surface area (Å²) in [5.41, 5.74) is 4.50. The second-order valence-electron chi connectivity index (χ2n) is 0.0714. The van der Waals surface area contributed by atoms with Crippen molar-refractivity contribution in [1.29, 1.82) is 0 Å². The van der Waals surface area contributed by atoms with Crippen molar-refractivity contribution in [1.82, 2.24) is 0 Å². The molecule has 2 radical (unpaired) electrons. The van der Waals surface area contributed by atoms with E-state index in [-0.39, 0.29) is 0 Å². The zero-order valence-corrected chi connectivity index (χ0v) is 6.72. The van der Waals surface area contributed by atoms with Gasteiger partial charge < -0.3 is 5.73 Å². The summed E-state index contributed by atoms with van der Waals surface area (Å²) in [6.07, 6.45) is 0. The first kappa shape index (κ1) is 9.22. The van der Waals surface area contributed by atoms with E-state index >= 15 is 0 Å². The topological polar surface area (TPSA) is 26.0 Å². The molecule has 0 fully saturated rings. The van der Waals surface area contributed by atoms with Gasteiger partial charge in [0.2, 0.25) is 0 Å². The molecule has 0 bridgehead atoms. The summed E-state index contributed by atoms with van der Waals surface area (Å²) >= 11 is -2.92. The first-order chi connectivity index (χ1) is 2.41. The Morgan fingerprint density at radius 2 is 1.40 bits per heavy atom. The number of rotatable bonds is 0. The van der Waals surface area contributed by atoms with Gasteiger partial charge >= 0.3 is 30.5 Å². The maximum atomic E-state index is 9.82. The molecule has 5 heavy (non-hydrogen) atoms. The number of halogens is 2. The first-order valence-electron chi connectivity index (χ1n) is 0.955. The SMILES string of the molecule is CN.[F][Pb][F]. The molecule has 0 aliphatic carbocycles. The fourth-order valence-electron chi connectivity index (χ4n) is 0. The Morgan fingerprint density at radius 1 is 1.40 bits per heavy atom. The summed E-state index contributed by atoms with van der Waals surface area (Å²) in [4.78, 5) is 0. The molecule has 0 atom stereocenters. The summed E-state index contributed by atoms with van der Waals surface area (Å²) in [6, 6.07) is 0. The van der Waals surface area contributed by atoms with Gasteiger partial charge in [-0.25, -0.2) is 0 Å². The average molecular weight is 276 g/mol. The van der Waals surface area contributed by atoms with Crippen LogP contribution in [0.25, 0.3) is 0 Å². The summed E-state index contributed by atoms with van der Waals surface area (Å²) < 4.78 is 19.6. The molecule has 0 aliphatic rings.